The van der Waals surface area contributed by atoms with Crippen molar-refractivity contribution in [2.24, 2.45) is 11.8 Å². The number of esters is 1. The number of rotatable bonds is 15. The van der Waals surface area contributed by atoms with E-state index < -0.39 is 11.5 Å². The molecule has 182 valence electrons. The highest BCUT2D eigenvalue weighted by atomic mass is 16.5. The molecule has 0 aliphatic rings. The number of aliphatic hydroxyl groups is 1. The molecule has 0 saturated carbocycles. The number of benzene rings is 1. The molecule has 1 aromatic carbocycles. The molecule has 0 aliphatic heterocycles. The first-order chi connectivity index (χ1) is 15.6. The number of allylic oxidation sites excluding steroid dienone is 2. The molecule has 0 heterocycles. The highest BCUT2D eigenvalue weighted by molar-refractivity contribution is 5.86. The second-order valence-electron chi connectivity index (χ2n) is 8.97. The molecule has 33 heavy (non-hydrogen) atoms. The molecule has 1 rings (SSSR count). The first-order valence-electron chi connectivity index (χ1n) is 11.3. The monoisotopic (exact) mass is 458 g/mol. The predicted molar refractivity (Wildman–Crippen MR) is 129 cm³/mol. The fourth-order valence-corrected chi connectivity index (χ4v) is 3.29. The van der Waals surface area contributed by atoms with Crippen molar-refractivity contribution >= 4 is 17.8 Å². The van der Waals surface area contributed by atoms with Gasteiger partial charge in [0.1, 0.15) is 6.61 Å². The Morgan fingerprint density at radius 2 is 1.70 bits per heavy atom. The van der Waals surface area contributed by atoms with Crippen LogP contribution in [-0.4, -0.2) is 47.7 Å². The van der Waals surface area contributed by atoms with E-state index in [1.807, 2.05) is 30.3 Å². The van der Waals surface area contributed by atoms with Crippen LogP contribution in [0, 0.1) is 11.8 Å². The van der Waals surface area contributed by atoms with Crippen LogP contribution in [0.4, 0.5) is 0 Å². The van der Waals surface area contributed by atoms with Crippen molar-refractivity contribution in [3.05, 3.63) is 61.2 Å². The van der Waals surface area contributed by atoms with Crippen LogP contribution in [0.15, 0.2) is 55.6 Å². The van der Waals surface area contributed by atoms with E-state index in [1.165, 1.54) is 0 Å². The summed E-state index contributed by atoms with van der Waals surface area (Å²) in [6, 6.07) is 9.31. The summed E-state index contributed by atoms with van der Waals surface area (Å²) >= 11 is 0. The number of hydrogen-bond donors (Lipinski definition) is 3. The molecule has 0 saturated heterocycles. The van der Waals surface area contributed by atoms with Gasteiger partial charge in [-0.1, -0.05) is 42.5 Å². The van der Waals surface area contributed by atoms with E-state index in [-0.39, 0.29) is 49.4 Å². The number of ether oxygens (including phenoxy) is 1. The second-order valence-corrected chi connectivity index (χ2v) is 8.97. The lowest BCUT2D eigenvalue weighted by Crippen LogP contribution is -2.50. The molecular weight excluding hydrogens is 420 g/mol. The van der Waals surface area contributed by atoms with Crippen molar-refractivity contribution in [3.8, 4) is 0 Å². The first-order valence-corrected chi connectivity index (χ1v) is 11.3. The summed E-state index contributed by atoms with van der Waals surface area (Å²) in [7, 11) is 0. The Morgan fingerprint density at radius 1 is 1.09 bits per heavy atom. The van der Waals surface area contributed by atoms with Crippen molar-refractivity contribution < 1.29 is 24.2 Å². The smallest absolute Gasteiger partial charge is 0.309 e. The third kappa shape index (κ3) is 11.0. The zero-order chi connectivity index (χ0) is 24.9. The maximum atomic E-state index is 12.8. The van der Waals surface area contributed by atoms with Crippen molar-refractivity contribution in [1.82, 2.24) is 10.6 Å². The number of hydrogen-bond acceptors (Lipinski definition) is 5. The maximum absolute atomic E-state index is 12.8. The van der Waals surface area contributed by atoms with Gasteiger partial charge in [0.2, 0.25) is 11.8 Å². The largest absolute Gasteiger partial charge is 0.463 e. The molecule has 0 bridgehead atoms. The zero-order valence-electron chi connectivity index (χ0n) is 20.0. The van der Waals surface area contributed by atoms with Crippen LogP contribution in [0.1, 0.15) is 45.6 Å². The summed E-state index contributed by atoms with van der Waals surface area (Å²) in [5, 5.41) is 14.6. The van der Waals surface area contributed by atoms with Gasteiger partial charge in [-0.2, -0.15) is 0 Å². The lowest BCUT2D eigenvalue weighted by Gasteiger charge is -2.29. The molecule has 0 aliphatic carbocycles. The lowest BCUT2D eigenvalue weighted by atomic mass is 9.96. The zero-order valence-corrected chi connectivity index (χ0v) is 20.0. The number of carbonyl (C=O) groups excluding carboxylic acids is 3. The molecule has 7 heteroatoms. The van der Waals surface area contributed by atoms with Gasteiger partial charge in [-0.05, 0) is 45.6 Å². The molecule has 3 atom stereocenters. The van der Waals surface area contributed by atoms with Crippen LogP contribution in [0.5, 0.6) is 0 Å². The van der Waals surface area contributed by atoms with E-state index in [0.717, 1.165) is 5.56 Å². The molecule has 0 radical (unpaired) electrons. The van der Waals surface area contributed by atoms with Crippen molar-refractivity contribution in [2.45, 2.75) is 58.0 Å². The minimum Gasteiger partial charge on any atom is -0.463 e. The van der Waals surface area contributed by atoms with Crippen LogP contribution in [0.25, 0.3) is 0 Å². The SMILES string of the molecule is C=CC[C@@H](CC(=O)N[C@H](C)CO)C(=O)NC(C)(C)COC(=O)[C@H](CC=C)Cc1ccccc1. The Morgan fingerprint density at radius 3 is 2.27 bits per heavy atom. The Balaban J connectivity index is 2.69. The van der Waals surface area contributed by atoms with Gasteiger partial charge in [-0.15, -0.1) is 13.2 Å². The van der Waals surface area contributed by atoms with Gasteiger partial charge in [0.05, 0.1) is 24.0 Å². The average Bonchev–Trinajstić information content (AvgIpc) is 2.77. The quantitative estimate of drug-likeness (QED) is 0.277. The van der Waals surface area contributed by atoms with Gasteiger partial charge in [0.25, 0.3) is 0 Å². The minimum absolute atomic E-state index is 0.00540. The third-order valence-electron chi connectivity index (χ3n) is 5.08. The molecule has 0 spiro atoms. The lowest BCUT2D eigenvalue weighted by molar-refractivity contribution is -0.151. The van der Waals surface area contributed by atoms with Gasteiger partial charge < -0.3 is 20.5 Å². The van der Waals surface area contributed by atoms with Gasteiger partial charge in [-0.3, -0.25) is 14.4 Å². The van der Waals surface area contributed by atoms with E-state index >= 15 is 0 Å². The fraction of sp³-hybridized carbons (Fsp3) is 0.500. The molecule has 7 nitrogen and oxygen atoms in total. The number of amides is 2. The van der Waals surface area contributed by atoms with E-state index in [4.69, 9.17) is 9.84 Å². The molecular formula is C26H38N2O5. The Kier molecular flexibility index (Phi) is 12.1. The van der Waals surface area contributed by atoms with Crippen molar-refractivity contribution in [2.75, 3.05) is 13.2 Å². The maximum Gasteiger partial charge on any atom is 0.309 e. The highest BCUT2D eigenvalue weighted by Gasteiger charge is 2.29. The van der Waals surface area contributed by atoms with Gasteiger partial charge in [-0.25, -0.2) is 0 Å². The fourth-order valence-electron chi connectivity index (χ4n) is 3.29. The molecule has 0 unspecified atom stereocenters. The topological polar surface area (TPSA) is 105 Å². The Hall–Kier alpha value is -2.93. The number of nitrogens with one attached hydrogen (secondary N) is 2. The van der Waals surface area contributed by atoms with Crippen LogP contribution in [0.2, 0.25) is 0 Å². The number of carbonyl (C=O) groups is 3. The summed E-state index contributed by atoms with van der Waals surface area (Å²) in [5.41, 5.74) is 0.210. The summed E-state index contributed by atoms with van der Waals surface area (Å²) in [5.74, 6) is -1.97. The summed E-state index contributed by atoms with van der Waals surface area (Å²) in [4.78, 5) is 37.7. The van der Waals surface area contributed by atoms with Gasteiger partial charge >= 0.3 is 5.97 Å². The van der Waals surface area contributed by atoms with Gasteiger partial charge in [0.15, 0.2) is 0 Å². The molecule has 1 aromatic rings. The van der Waals surface area contributed by atoms with E-state index in [2.05, 4.69) is 23.8 Å². The first kappa shape index (κ1) is 28.1. The molecule has 2 amide bonds. The van der Waals surface area contributed by atoms with Crippen LogP contribution < -0.4 is 10.6 Å². The van der Waals surface area contributed by atoms with Crippen LogP contribution in [-0.2, 0) is 25.5 Å². The highest BCUT2D eigenvalue weighted by Crippen LogP contribution is 2.17. The van der Waals surface area contributed by atoms with E-state index in [9.17, 15) is 14.4 Å². The summed E-state index contributed by atoms with van der Waals surface area (Å²) < 4.78 is 5.55. The Bertz CT molecular complexity index is 791. The van der Waals surface area contributed by atoms with Crippen molar-refractivity contribution in [3.63, 3.8) is 0 Å². The third-order valence-corrected chi connectivity index (χ3v) is 5.08. The molecule has 3 N–H and O–H groups in total. The van der Waals surface area contributed by atoms with E-state index in [0.29, 0.717) is 19.3 Å². The summed E-state index contributed by atoms with van der Waals surface area (Å²) in [6.07, 6.45) is 4.61. The molecule has 0 fully saturated rings. The Labute approximate surface area is 197 Å². The van der Waals surface area contributed by atoms with Gasteiger partial charge in [0, 0.05) is 12.5 Å². The average molecular weight is 459 g/mol. The second kappa shape index (κ2) is 14.3. The van der Waals surface area contributed by atoms with Crippen LogP contribution >= 0.6 is 0 Å². The standard InChI is InChI=1S/C26H38N2O5/c1-6-11-21(16-23(30)27-19(3)17-29)24(31)28-26(4,5)18-33-25(32)22(12-7-2)15-20-13-9-8-10-14-20/h6-10,13-14,19,21-22,29H,1-2,11-12,15-18H2,3-5H3,(H,27,30)(H,28,31)/t19-,21+,22-/m1/s1. The van der Waals surface area contributed by atoms with Crippen molar-refractivity contribution in [1.29, 1.82) is 0 Å². The normalized spacial score (nSPS) is 13.8. The summed E-state index contributed by atoms with van der Waals surface area (Å²) in [6.45, 7) is 12.4. The van der Waals surface area contributed by atoms with Crippen LogP contribution in [0.3, 0.4) is 0 Å². The molecule has 0 aromatic heterocycles. The van der Waals surface area contributed by atoms with E-state index in [1.54, 1.807) is 32.9 Å². The predicted octanol–water partition coefficient (Wildman–Crippen LogP) is 2.94. The minimum atomic E-state index is -0.827. The number of aliphatic hydroxyl groups excluding tert-OH is 1.